The molecule has 0 aliphatic heterocycles. The van der Waals surface area contributed by atoms with Crippen LogP contribution in [-0.4, -0.2) is 49.8 Å². The van der Waals surface area contributed by atoms with Crippen LogP contribution in [0.1, 0.15) is 223 Å². The lowest BCUT2D eigenvalue weighted by molar-refractivity contribution is 0.548. The minimum Gasteiger partial charge on any atom is -0.0654 e. The van der Waals surface area contributed by atoms with Crippen molar-refractivity contribution in [3.05, 3.63) is 0 Å². The molecule has 0 aliphatic carbocycles. The number of rotatable bonds is 34. The van der Waals surface area contributed by atoms with Gasteiger partial charge < -0.3 is 0 Å². The van der Waals surface area contributed by atoms with Crippen LogP contribution in [-0.2, 0) is 0 Å². The summed E-state index contributed by atoms with van der Waals surface area (Å²) >= 11 is 0. The Kier molecular flexibility index (Phi) is 37.5. The van der Waals surface area contributed by atoms with Gasteiger partial charge in [0.25, 0.3) is 0 Å². The maximum absolute atomic E-state index is 2.59. The second-order valence-corrected chi connectivity index (χ2v) is 26.5. The van der Waals surface area contributed by atoms with E-state index in [2.05, 4.69) is 75.9 Å². The molecule has 0 atom stereocenters. The normalized spacial score (nSPS) is 12.4. The van der Waals surface area contributed by atoms with Crippen molar-refractivity contribution >= 4 is 14.5 Å². The maximum atomic E-state index is 2.59. The van der Waals surface area contributed by atoms with Gasteiger partial charge in [-0.3, -0.25) is 0 Å². The van der Waals surface area contributed by atoms with E-state index >= 15 is 0 Å². The van der Waals surface area contributed by atoms with E-state index in [1.165, 1.54) is 147 Å². The molecule has 0 heterocycles. The molecule has 0 unspecified atom stereocenters. The smallest absolute Gasteiger partial charge is 0.0614 e. The minimum atomic E-state index is -0.697. The predicted molar refractivity (Wildman–Crippen MR) is 232 cm³/mol. The summed E-state index contributed by atoms with van der Waals surface area (Å²) in [6.07, 6.45) is 46.6. The Morgan fingerprint density at radius 2 is 0.489 bits per heavy atom. The molecular formula is C45H98P2+2. The lowest BCUT2D eigenvalue weighted by atomic mass is 10.1. The molecule has 0 amide bonds. The second-order valence-electron chi connectivity index (χ2n) is 17.7. The van der Waals surface area contributed by atoms with Crippen LogP contribution in [0.5, 0.6) is 0 Å². The Morgan fingerprint density at radius 3 is 0.702 bits per heavy atom. The Morgan fingerprint density at radius 1 is 0.298 bits per heavy atom. The molecule has 47 heavy (non-hydrogen) atoms. The highest BCUT2D eigenvalue weighted by atomic mass is 31.2. The zero-order valence-electron chi connectivity index (χ0n) is 35.5. The topological polar surface area (TPSA) is 0 Å². The fourth-order valence-corrected chi connectivity index (χ4v) is 19.1. The third-order valence-corrected chi connectivity index (χ3v) is 20.3. The molecule has 2 heteroatoms. The zero-order valence-corrected chi connectivity index (χ0v) is 37.3. The first kappa shape index (κ1) is 50.0. The summed E-state index contributed by atoms with van der Waals surface area (Å²) in [6.45, 7) is 26.2. The zero-order chi connectivity index (χ0) is 35.7. The van der Waals surface area contributed by atoms with Gasteiger partial charge in [0.1, 0.15) is 0 Å². The van der Waals surface area contributed by atoms with Gasteiger partial charge in [-0.05, 0) is 69.1 Å². The fraction of sp³-hybridized carbons (Fsp3) is 1.00. The summed E-state index contributed by atoms with van der Waals surface area (Å²) in [5.41, 5.74) is 0. The van der Waals surface area contributed by atoms with Gasteiger partial charge in [0.15, 0.2) is 0 Å². The van der Waals surface area contributed by atoms with E-state index in [0.29, 0.717) is 0 Å². The Bertz CT molecular complexity index is 537. The SMILES string of the molecule is CC(C)C[P+](C)(CC(C)C)CC(C)C.CCCCCCCCCCCCCC[P+](CCCCCC)(CCCCCC)CCCCCC. The fourth-order valence-electron chi connectivity index (χ4n) is 8.45. The predicted octanol–water partition coefficient (Wildman–Crippen LogP) is 17.0. The average molecular weight is 701 g/mol. The van der Waals surface area contributed by atoms with Gasteiger partial charge in [-0.15, -0.1) is 0 Å². The van der Waals surface area contributed by atoms with Gasteiger partial charge in [-0.1, -0.05) is 172 Å². The first-order valence-electron chi connectivity index (χ1n) is 22.2. The molecular weight excluding hydrogens is 602 g/mol. The highest BCUT2D eigenvalue weighted by molar-refractivity contribution is 7.76. The standard InChI is InChI=1S/C32H68P.C13H30P/c1-5-9-13-17-18-19-20-21-22-23-24-28-32-33(29-25-14-10-6-2,30-26-15-11-7-3)31-27-16-12-8-4;1-11(2)8-14(7,9-12(3)4)10-13(5)6/h5-32H2,1-4H3;11-13H,8-10H2,1-7H3/q2*+1. The van der Waals surface area contributed by atoms with E-state index < -0.39 is 14.5 Å². The Balaban J connectivity index is 0. The first-order valence-corrected chi connectivity index (χ1v) is 27.5. The molecule has 286 valence electrons. The molecule has 0 aliphatic rings. The summed E-state index contributed by atoms with van der Waals surface area (Å²) in [4.78, 5) is 0. The summed E-state index contributed by atoms with van der Waals surface area (Å²) in [5, 5.41) is 0. The molecule has 0 nitrogen and oxygen atoms in total. The minimum absolute atomic E-state index is 0.638. The number of hydrogen-bond donors (Lipinski definition) is 0. The van der Waals surface area contributed by atoms with Gasteiger partial charge >= 0.3 is 0 Å². The maximum Gasteiger partial charge on any atom is 0.0614 e. The van der Waals surface area contributed by atoms with Crippen molar-refractivity contribution in [2.45, 2.75) is 223 Å². The second kappa shape index (κ2) is 35.3. The van der Waals surface area contributed by atoms with Crippen molar-refractivity contribution in [1.82, 2.24) is 0 Å². The van der Waals surface area contributed by atoms with Crippen LogP contribution >= 0.6 is 14.5 Å². The number of unbranched alkanes of at least 4 members (excludes halogenated alkanes) is 20. The molecule has 0 saturated carbocycles. The van der Waals surface area contributed by atoms with Gasteiger partial charge in [-0.2, -0.15) is 0 Å². The molecule has 0 radical (unpaired) electrons. The van der Waals surface area contributed by atoms with Crippen molar-refractivity contribution in [3.63, 3.8) is 0 Å². The van der Waals surface area contributed by atoms with Crippen LogP contribution in [0, 0.1) is 17.8 Å². The highest BCUT2D eigenvalue weighted by Gasteiger charge is 2.35. The lowest BCUT2D eigenvalue weighted by Gasteiger charge is -2.28. The summed E-state index contributed by atoms with van der Waals surface area (Å²) in [6, 6.07) is 0. The monoisotopic (exact) mass is 701 g/mol. The van der Waals surface area contributed by atoms with Crippen LogP contribution in [0.25, 0.3) is 0 Å². The Labute approximate surface area is 304 Å². The lowest BCUT2D eigenvalue weighted by Crippen LogP contribution is -2.16. The largest absolute Gasteiger partial charge is 0.0654 e. The molecule has 0 fully saturated rings. The summed E-state index contributed by atoms with van der Waals surface area (Å²) in [7, 11) is -1.33. The van der Waals surface area contributed by atoms with Crippen molar-refractivity contribution in [1.29, 1.82) is 0 Å². The van der Waals surface area contributed by atoms with E-state index in [4.69, 9.17) is 0 Å². The van der Waals surface area contributed by atoms with Crippen molar-refractivity contribution in [2.24, 2.45) is 17.8 Å². The van der Waals surface area contributed by atoms with Crippen molar-refractivity contribution in [3.8, 4) is 0 Å². The molecule has 0 bridgehead atoms. The summed E-state index contributed by atoms with van der Waals surface area (Å²) in [5.74, 6) is 2.64. The Hall–Kier alpha value is 0.860. The first-order chi connectivity index (χ1) is 22.5. The van der Waals surface area contributed by atoms with Gasteiger partial charge in [0.05, 0.1) is 43.1 Å². The molecule has 0 aromatic carbocycles. The molecule has 0 rings (SSSR count). The van der Waals surface area contributed by atoms with Crippen LogP contribution < -0.4 is 0 Å². The van der Waals surface area contributed by atoms with Gasteiger partial charge in [0.2, 0.25) is 0 Å². The quantitative estimate of drug-likeness (QED) is 0.0463. The molecule has 0 saturated heterocycles. The van der Waals surface area contributed by atoms with Crippen molar-refractivity contribution in [2.75, 3.05) is 49.8 Å². The van der Waals surface area contributed by atoms with Gasteiger partial charge in [0, 0.05) is 21.2 Å². The average Bonchev–Trinajstić information content (AvgIpc) is 2.99. The van der Waals surface area contributed by atoms with E-state index in [9.17, 15) is 0 Å². The van der Waals surface area contributed by atoms with Crippen LogP contribution in [0.3, 0.4) is 0 Å². The summed E-state index contributed by atoms with van der Waals surface area (Å²) < 4.78 is 0. The van der Waals surface area contributed by atoms with E-state index in [0.717, 1.165) is 17.8 Å². The molecule has 0 spiro atoms. The van der Waals surface area contributed by atoms with Crippen LogP contribution in [0.15, 0.2) is 0 Å². The third-order valence-electron chi connectivity index (χ3n) is 10.4. The van der Waals surface area contributed by atoms with E-state index in [1.54, 1.807) is 50.3 Å². The van der Waals surface area contributed by atoms with Gasteiger partial charge in [-0.25, -0.2) is 0 Å². The van der Waals surface area contributed by atoms with E-state index in [1.807, 2.05) is 0 Å². The molecule has 0 aromatic rings. The number of hydrogen-bond acceptors (Lipinski definition) is 0. The molecule has 0 N–H and O–H groups in total. The molecule has 0 aromatic heterocycles. The van der Waals surface area contributed by atoms with Crippen LogP contribution in [0.4, 0.5) is 0 Å². The van der Waals surface area contributed by atoms with Crippen LogP contribution in [0.2, 0.25) is 0 Å². The van der Waals surface area contributed by atoms with E-state index in [-0.39, 0.29) is 0 Å². The third kappa shape index (κ3) is 35.1. The highest BCUT2D eigenvalue weighted by Crippen LogP contribution is 2.61. The van der Waals surface area contributed by atoms with Crippen molar-refractivity contribution < 1.29 is 0 Å².